The second-order valence-electron chi connectivity index (χ2n) is 4.23. The molecule has 5 nitrogen and oxygen atoms in total. The van der Waals surface area contributed by atoms with E-state index in [0.717, 1.165) is 6.61 Å². The van der Waals surface area contributed by atoms with E-state index in [9.17, 15) is 0 Å². The molecule has 1 unspecified atom stereocenters. The van der Waals surface area contributed by atoms with Crippen LogP contribution in [0.2, 0.25) is 0 Å². The van der Waals surface area contributed by atoms with Crippen LogP contribution in [0.4, 0.5) is 0 Å². The van der Waals surface area contributed by atoms with E-state index in [-0.39, 0.29) is 24.2 Å². The predicted octanol–water partition coefficient (Wildman–Crippen LogP) is 2.27. The molecular weight excluding hydrogens is 260 g/mol. The Balaban J connectivity index is 0.000000247. The van der Waals surface area contributed by atoms with Gasteiger partial charge in [0.05, 0.1) is 13.2 Å². The van der Waals surface area contributed by atoms with Crippen LogP contribution in [0.15, 0.2) is 48.5 Å². The summed E-state index contributed by atoms with van der Waals surface area (Å²) in [4.78, 5) is 0. The molecule has 106 valence electrons. The van der Waals surface area contributed by atoms with Gasteiger partial charge in [-0.05, 0) is 48.5 Å². The van der Waals surface area contributed by atoms with Crippen LogP contribution in [-0.2, 0) is 4.74 Å². The molecule has 2 aromatic carbocycles. The summed E-state index contributed by atoms with van der Waals surface area (Å²) in [6, 6.07) is 12.9. The van der Waals surface area contributed by atoms with Crippen molar-refractivity contribution in [1.29, 1.82) is 0 Å². The lowest BCUT2D eigenvalue weighted by molar-refractivity contribution is 0.244. The quantitative estimate of drug-likeness (QED) is 0.749. The molecular formula is C15H16O5. The van der Waals surface area contributed by atoms with Gasteiger partial charge in [-0.15, -0.1) is 0 Å². The summed E-state index contributed by atoms with van der Waals surface area (Å²) in [5, 5.41) is 26.2. The van der Waals surface area contributed by atoms with E-state index in [0.29, 0.717) is 11.5 Å². The first-order valence-corrected chi connectivity index (χ1v) is 6.16. The first kappa shape index (κ1) is 14.2. The number of aliphatic hydroxyl groups excluding tert-OH is 1. The van der Waals surface area contributed by atoms with Crippen LogP contribution >= 0.6 is 0 Å². The lowest BCUT2D eigenvalue weighted by atomic mass is 10.3. The molecule has 2 aromatic rings. The van der Waals surface area contributed by atoms with Crippen LogP contribution in [0, 0.1) is 0 Å². The average molecular weight is 276 g/mol. The van der Waals surface area contributed by atoms with Crippen molar-refractivity contribution in [2.24, 2.45) is 0 Å². The van der Waals surface area contributed by atoms with Gasteiger partial charge in [0.1, 0.15) is 29.1 Å². The Morgan fingerprint density at radius 1 is 0.900 bits per heavy atom. The summed E-state index contributed by atoms with van der Waals surface area (Å²) < 4.78 is 10.1. The Morgan fingerprint density at radius 2 is 1.30 bits per heavy atom. The molecule has 0 saturated carbocycles. The maximum absolute atomic E-state index is 9.07. The van der Waals surface area contributed by atoms with Gasteiger partial charge in [-0.25, -0.2) is 0 Å². The number of epoxide rings is 1. The lowest BCUT2D eigenvalue weighted by Crippen LogP contribution is -1.88. The minimum absolute atomic E-state index is 0.190. The van der Waals surface area contributed by atoms with Crippen molar-refractivity contribution in [1.82, 2.24) is 0 Å². The Hall–Kier alpha value is -2.24. The predicted molar refractivity (Wildman–Crippen MR) is 73.1 cm³/mol. The number of hydrogen-bond donors (Lipinski definition) is 3. The zero-order valence-electron chi connectivity index (χ0n) is 10.8. The fraction of sp³-hybridized carbons (Fsp3) is 0.200. The second-order valence-corrected chi connectivity index (χ2v) is 4.23. The smallest absolute Gasteiger partial charge is 0.127 e. The topological polar surface area (TPSA) is 82.5 Å². The monoisotopic (exact) mass is 276 g/mol. The van der Waals surface area contributed by atoms with Crippen LogP contribution in [0.25, 0.3) is 0 Å². The minimum Gasteiger partial charge on any atom is -0.508 e. The van der Waals surface area contributed by atoms with Gasteiger partial charge >= 0.3 is 0 Å². The Morgan fingerprint density at radius 3 is 1.55 bits per heavy atom. The van der Waals surface area contributed by atoms with Crippen molar-refractivity contribution in [2.75, 3.05) is 13.2 Å². The fourth-order valence-corrected chi connectivity index (χ4v) is 1.34. The molecule has 1 aliphatic heterocycles. The molecule has 3 N–H and O–H groups in total. The molecule has 0 aromatic heterocycles. The molecule has 5 heteroatoms. The van der Waals surface area contributed by atoms with Gasteiger partial charge in [0, 0.05) is 0 Å². The molecule has 0 aliphatic carbocycles. The van der Waals surface area contributed by atoms with Gasteiger partial charge < -0.3 is 24.8 Å². The normalized spacial score (nSPS) is 15.9. The van der Waals surface area contributed by atoms with E-state index in [1.54, 1.807) is 48.5 Å². The Bertz CT molecular complexity index is 473. The first-order valence-electron chi connectivity index (χ1n) is 6.16. The fourth-order valence-electron chi connectivity index (χ4n) is 1.34. The molecule has 0 bridgehead atoms. The van der Waals surface area contributed by atoms with Gasteiger partial charge in [0.25, 0.3) is 0 Å². The highest BCUT2D eigenvalue weighted by Gasteiger charge is 2.19. The molecule has 20 heavy (non-hydrogen) atoms. The molecule has 1 saturated heterocycles. The van der Waals surface area contributed by atoms with Crippen molar-refractivity contribution < 1.29 is 24.8 Å². The van der Waals surface area contributed by atoms with Crippen LogP contribution < -0.4 is 4.74 Å². The summed E-state index contributed by atoms with van der Waals surface area (Å²) in [5.74, 6) is 1.68. The zero-order chi connectivity index (χ0) is 14.4. The lowest BCUT2D eigenvalue weighted by Gasteiger charge is -2.05. The standard InChI is InChI=1S/C12H10O3.C3H6O2/c13-9-1-5-11(6-2-9)15-12-7-3-10(14)4-8-12;4-1-3-2-5-3/h1-8,13-14H;3-4H,1-2H2. The third-order valence-electron chi connectivity index (χ3n) is 2.52. The molecule has 3 rings (SSSR count). The van der Waals surface area contributed by atoms with Gasteiger partial charge in [0.2, 0.25) is 0 Å². The van der Waals surface area contributed by atoms with Crippen LogP contribution in [-0.4, -0.2) is 34.6 Å². The number of ether oxygens (including phenoxy) is 2. The van der Waals surface area contributed by atoms with Crippen molar-refractivity contribution in [2.45, 2.75) is 6.10 Å². The van der Waals surface area contributed by atoms with Crippen molar-refractivity contribution in [3.8, 4) is 23.0 Å². The van der Waals surface area contributed by atoms with Gasteiger partial charge in [0.15, 0.2) is 0 Å². The molecule has 1 fully saturated rings. The molecule has 0 spiro atoms. The van der Waals surface area contributed by atoms with Crippen LogP contribution in [0.5, 0.6) is 23.0 Å². The number of hydrogen-bond acceptors (Lipinski definition) is 5. The Labute approximate surface area is 116 Å². The summed E-state index contributed by atoms with van der Waals surface area (Å²) in [5.41, 5.74) is 0. The van der Waals surface area contributed by atoms with Crippen LogP contribution in [0.3, 0.4) is 0 Å². The maximum Gasteiger partial charge on any atom is 0.127 e. The van der Waals surface area contributed by atoms with Crippen LogP contribution in [0.1, 0.15) is 0 Å². The molecule has 1 heterocycles. The second kappa shape index (κ2) is 6.79. The number of aliphatic hydroxyl groups is 1. The number of phenols is 2. The van der Waals surface area contributed by atoms with Crippen molar-refractivity contribution in [3.05, 3.63) is 48.5 Å². The number of rotatable bonds is 3. The Kier molecular flexibility index (Phi) is 4.81. The van der Waals surface area contributed by atoms with E-state index in [1.807, 2.05) is 0 Å². The van der Waals surface area contributed by atoms with E-state index in [4.69, 9.17) is 20.1 Å². The molecule has 0 radical (unpaired) electrons. The SMILES string of the molecule is OCC1CO1.Oc1ccc(Oc2ccc(O)cc2)cc1. The minimum atomic E-state index is 0.190. The van der Waals surface area contributed by atoms with E-state index in [2.05, 4.69) is 4.74 Å². The molecule has 1 atom stereocenters. The zero-order valence-corrected chi connectivity index (χ0v) is 10.8. The largest absolute Gasteiger partial charge is 0.508 e. The van der Waals surface area contributed by atoms with Crippen molar-refractivity contribution >= 4 is 0 Å². The summed E-state index contributed by atoms with van der Waals surface area (Å²) in [6.45, 7) is 0.955. The maximum atomic E-state index is 9.07. The van der Waals surface area contributed by atoms with E-state index >= 15 is 0 Å². The summed E-state index contributed by atoms with van der Waals surface area (Å²) in [7, 11) is 0. The average Bonchev–Trinajstić information content (AvgIpc) is 3.29. The third-order valence-corrected chi connectivity index (χ3v) is 2.52. The van der Waals surface area contributed by atoms with Gasteiger partial charge in [-0.1, -0.05) is 0 Å². The first-order chi connectivity index (χ1) is 9.67. The highest BCUT2D eigenvalue weighted by molar-refractivity contribution is 5.36. The number of phenolic OH excluding ortho intramolecular Hbond substituents is 2. The van der Waals surface area contributed by atoms with E-state index < -0.39 is 0 Å². The van der Waals surface area contributed by atoms with E-state index in [1.165, 1.54) is 0 Å². The van der Waals surface area contributed by atoms with Crippen molar-refractivity contribution in [3.63, 3.8) is 0 Å². The van der Waals surface area contributed by atoms with Gasteiger partial charge in [-0.3, -0.25) is 0 Å². The number of aromatic hydroxyl groups is 2. The highest BCUT2D eigenvalue weighted by Crippen LogP contribution is 2.24. The molecule has 1 aliphatic rings. The summed E-state index contributed by atoms with van der Waals surface area (Å²) >= 11 is 0. The summed E-state index contributed by atoms with van der Waals surface area (Å²) in [6.07, 6.45) is 0.190. The highest BCUT2D eigenvalue weighted by atomic mass is 16.6. The number of benzene rings is 2. The van der Waals surface area contributed by atoms with Gasteiger partial charge in [-0.2, -0.15) is 0 Å². The third kappa shape index (κ3) is 4.79. The molecule has 0 amide bonds.